The van der Waals surface area contributed by atoms with Crippen molar-refractivity contribution in [3.8, 4) is 11.5 Å². The Labute approximate surface area is 127 Å². The molecule has 0 bridgehead atoms. The molecule has 0 amide bonds. The molecule has 21 heavy (non-hydrogen) atoms. The maximum absolute atomic E-state index is 6.32. The van der Waals surface area contributed by atoms with Gasteiger partial charge in [-0.05, 0) is 42.4 Å². The van der Waals surface area contributed by atoms with Crippen LogP contribution in [0.4, 0.5) is 0 Å². The standard InChI is InChI=1S/C17H27NO3/c1-17(7-8-17)16(18)12-13-5-6-14(20-3)15(11-13)21-10-4-9-19-2/h5-6,11,16H,4,7-10,12,18H2,1-3H3/t16-/m0/s1. The first kappa shape index (κ1) is 16.1. The van der Waals surface area contributed by atoms with Gasteiger partial charge >= 0.3 is 0 Å². The number of methoxy groups -OCH3 is 2. The van der Waals surface area contributed by atoms with Crippen molar-refractivity contribution in [3.63, 3.8) is 0 Å². The molecule has 4 nitrogen and oxygen atoms in total. The molecule has 1 atom stereocenters. The maximum Gasteiger partial charge on any atom is 0.161 e. The topological polar surface area (TPSA) is 53.7 Å². The van der Waals surface area contributed by atoms with Gasteiger partial charge in [0.15, 0.2) is 11.5 Å². The van der Waals surface area contributed by atoms with Crippen molar-refractivity contribution in [1.82, 2.24) is 0 Å². The number of ether oxygens (including phenoxy) is 3. The van der Waals surface area contributed by atoms with Gasteiger partial charge in [0, 0.05) is 26.2 Å². The summed E-state index contributed by atoms with van der Waals surface area (Å²) >= 11 is 0. The van der Waals surface area contributed by atoms with Crippen LogP contribution < -0.4 is 15.2 Å². The van der Waals surface area contributed by atoms with E-state index in [2.05, 4.69) is 19.1 Å². The molecule has 2 N–H and O–H groups in total. The van der Waals surface area contributed by atoms with Gasteiger partial charge in [-0.25, -0.2) is 0 Å². The molecule has 1 fully saturated rings. The van der Waals surface area contributed by atoms with Gasteiger partial charge in [-0.3, -0.25) is 0 Å². The first-order valence-corrected chi connectivity index (χ1v) is 7.63. The zero-order valence-corrected chi connectivity index (χ0v) is 13.4. The number of hydrogen-bond donors (Lipinski definition) is 1. The summed E-state index contributed by atoms with van der Waals surface area (Å²) in [5.74, 6) is 1.56. The van der Waals surface area contributed by atoms with Crippen LogP contribution in [-0.2, 0) is 11.2 Å². The van der Waals surface area contributed by atoms with Crippen LogP contribution in [0.5, 0.6) is 11.5 Å². The highest BCUT2D eigenvalue weighted by Gasteiger charge is 2.42. The molecule has 0 unspecified atom stereocenters. The van der Waals surface area contributed by atoms with E-state index in [4.69, 9.17) is 19.9 Å². The summed E-state index contributed by atoms with van der Waals surface area (Å²) in [5, 5.41) is 0. The monoisotopic (exact) mass is 293 g/mol. The van der Waals surface area contributed by atoms with Crippen molar-refractivity contribution in [2.24, 2.45) is 11.1 Å². The largest absolute Gasteiger partial charge is 0.493 e. The summed E-state index contributed by atoms with van der Waals surface area (Å²) in [7, 11) is 3.36. The van der Waals surface area contributed by atoms with Crippen molar-refractivity contribution < 1.29 is 14.2 Å². The molecule has 1 saturated carbocycles. The molecule has 0 spiro atoms. The lowest BCUT2D eigenvalue weighted by Crippen LogP contribution is -2.31. The molecule has 118 valence electrons. The summed E-state index contributed by atoms with van der Waals surface area (Å²) in [5.41, 5.74) is 7.86. The van der Waals surface area contributed by atoms with Crippen LogP contribution in [0, 0.1) is 5.41 Å². The first-order chi connectivity index (χ1) is 10.1. The van der Waals surface area contributed by atoms with E-state index >= 15 is 0 Å². The van der Waals surface area contributed by atoms with Crippen molar-refractivity contribution in [2.45, 2.75) is 38.6 Å². The van der Waals surface area contributed by atoms with Crippen LogP contribution in [0.1, 0.15) is 31.7 Å². The predicted octanol–water partition coefficient (Wildman–Crippen LogP) is 2.78. The Kier molecular flexibility index (Phi) is 5.48. The zero-order valence-electron chi connectivity index (χ0n) is 13.4. The van der Waals surface area contributed by atoms with Gasteiger partial charge in [0.05, 0.1) is 13.7 Å². The van der Waals surface area contributed by atoms with Crippen LogP contribution in [0.3, 0.4) is 0 Å². The van der Waals surface area contributed by atoms with Crippen molar-refractivity contribution in [1.29, 1.82) is 0 Å². The van der Waals surface area contributed by atoms with Gasteiger partial charge in [-0.15, -0.1) is 0 Å². The third kappa shape index (κ3) is 4.35. The molecular weight excluding hydrogens is 266 g/mol. The van der Waals surface area contributed by atoms with Crippen LogP contribution in [0.25, 0.3) is 0 Å². The SMILES string of the molecule is COCCCOc1cc(C[C@H](N)C2(C)CC2)ccc1OC. The summed E-state index contributed by atoms with van der Waals surface area (Å²) in [6.45, 7) is 3.59. The van der Waals surface area contributed by atoms with E-state index in [9.17, 15) is 0 Å². The molecule has 0 aliphatic heterocycles. The van der Waals surface area contributed by atoms with Gasteiger partial charge in [0.2, 0.25) is 0 Å². The molecule has 2 rings (SSSR count). The predicted molar refractivity (Wildman–Crippen MR) is 84.0 cm³/mol. The fourth-order valence-corrected chi connectivity index (χ4v) is 2.41. The molecule has 0 heterocycles. The van der Waals surface area contributed by atoms with E-state index in [0.29, 0.717) is 18.6 Å². The molecular formula is C17H27NO3. The molecule has 1 aliphatic carbocycles. The number of nitrogens with two attached hydrogens (primary N) is 1. The van der Waals surface area contributed by atoms with Gasteiger partial charge < -0.3 is 19.9 Å². The average molecular weight is 293 g/mol. The minimum atomic E-state index is 0.215. The summed E-state index contributed by atoms with van der Waals surface area (Å²) in [6, 6.07) is 6.30. The smallest absolute Gasteiger partial charge is 0.161 e. The van der Waals surface area contributed by atoms with Crippen molar-refractivity contribution in [2.75, 3.05) is 27.4 Å². The molecule has 1 aliphatic rings. The van der Waals surface area contributed by atoms with Crippen LogP contribution in [-0.4, -0.2) is 33.5 Å². The van der Waals surface area contributed by atoms with Crippen LogP contribution in [0.15, 0.2) is 18.2 Å². The van der Waals surface area contributed by atoms with Gasteiger partial charge in [0.1, 0.15) is 0 Å². The molecule has 0 aromatic heterocycles. The quantitative estimate of drug-likeness (QED) is 0.711. The van der Waals surface area contributed by atoms with Crippen molar-refractivity contribution >= 4 is 0 Å². The fraction of sp³-hybridized carbons (Fsp3) is 0.647. The summed E-state index contributed by atoms with van der Waals surface area (Å²) in [6.07, 6.45) is 4.23. The van der Waals surface area contributed by atoms with Gasteiger partial charge in [-0.2, -0.15) is 0 Å². The van der Waals surface area contributed by atoms with Gasteiger partial charge in [0.25, 0.3) is 0 Å². The lowest BCUT2D eigenvalue weighted by atomic mass is 9.93. The highest BCUT2D eigenvalue weighted by Crippen LogP contribution is 2.48. The molecule has 1 aromatic carbocycles. The Bertz CT molecular complexity index is 457. The fourth-order valence-electron chi connectivity index (χ4n) is 2.41. The normalized spacial score (nSPS) is 17.3. The minimum Gasteiger partial charge on any atom is -0.493 e. The lowest BCUT2D eigenvalue weighted by Gasteiger charge is -2.19. The van der Waals surface area contributed by atoms with E-state index in [-0.39, 0.29) is 6.04 Å². The average Bonchev–Trinajstić information content (AvgIpc) is 3.23. The Hall–Kier alpha value is -1.26. The molecule has 0 saturated heterocycles. The summed E-state index contributed by atoms with van der Waals surface area (Å²) < 4.78 is 16.2. The molecule has 4 heteroatoms. The highest BCUT2D eigenvalue weighted by atomic mass is 16.5. The van der Waals surface area contributed by atoms with E-state index in [1.54, 1.807) is 14.2 Å². The van der Waals surface area contributed by atoms with Crippen LogP contribution >= 0.6 is 0 Å². The third-order valence-electron chi connectivity index (χ3n) is 4.37. The highest BCUT2D eigenvalue weighted by molar-refractivity contribution is 5.43. The Morgan fingerprint density at radius 2 is 1.95 bits per heavy atom. The first-order valence-electron chi connectivity index (χ1n) is 7.63. The number of benzene rings is 1. The number of hydrogen-bond acceptors (Lipinski definition) is 4. The van der Waals surface area contributed by atoms with E-state index in [1.165, 1.54) is 18.4 Å². The second-order valence-electron chi connectivity index (χ2n) is 6.14. The van der Waals surface area contributed by atoms with E-state index < -0.39 is 0 Å². The summed E-state index contributed by atoms with van der Waals surface area (Å²) in [4.78, 5) is 0. The Balaban J connectivity index is 1.98. The second-order valence-corrected chi connectivity index (χ2v) is 6.14. The number of rotatable bonds is 9. The van der Waals surface area contributed by atoms with E-state index in [0.717, 1.165) is 24.3 Å². The third-order valence-corrected chi connectivity index (χ3v) is 4.37. The minimum absolute atomic E-state index is 0.215. The van der Waals surface area contributed by atoms with E-state index in [1.807, 2.05) is 6.07 Å². The Morgan fingerprint density at radius 1 is 1.19 bits per heavy atom. The lowest BCUT2D eigenvalue weighted by molar-refractivity contribution is 0.170. The van der Waals surface area contributed by atoms with Crippen LogP contribution in [0.2, 0.25) is 0 Å². The molecule has 1 aromatic rings. The molecule has 0 radical (unpaired) electrons. The van der Waals surface area contributed by atoms with Gasteiger partial charge in [-0.1, -0.05) is 13.0 Å². The maximum atomic E-state index is 6.32. The Morgan fingerprint density at radius 3 is 2.57 bits per heavy atom. The zero-order chi connectivity index (χ0) is 15.3. The van der Waals surface area contributed by atoms with Crippen molar-refractivity contribution in [3.05, 3.63) is 23.8 Å². The second kappa shape index (κ2) is 7.14.